The van der Waals surface area contributed by atoms with Crippen LogP contribution in [0.25, 0.3) is 78.0 Å². The predicted molar refractivity (Wildman–Crippen MR) is 199 cm³/mol. The molecule has 0 radical (unpaired) electrons. The maximum absolute atomic E-state index is 5.21. The van der Waals surface area contributed by atoms with Gasteiger partial charge in [0.25, 0.3) is 0 Å². The van der Waals surface area contributed by atoms with Crippen molar-refractivity contribution < 1.29 is 0 Å². The lowest BCUT2D eigenvalue weighted by atomic mass is 9.99. The number of benzene rings is 7. The van der Waals surface area contributed by atoms with Crippen molar-refractivity contribution in [2.75, 3.05) is 0 Å². The average Bonchev–Trinajstić information content (AvgIpc) is 3.38. The van der Waals surface area contributed by atoms with Crippen molar-refractivity contribution in [1.82, 2.24) is 15.0 Å². The first-order chi connectivity index (χ1) is 23.0. The van der Waals surface area contributed by atoms with Crippen LogP contribution in [-0.4, -0.2) is 23.0 Å². The summed E-state index contributed by atoms with van der Waals surface area (Å²) in [6, 6.07) is 54.0. The first-order valence-corrected chi connectivity index (χ1v) is 19.1. The quantitative estimate of drug-likeness (QED) is 0.185. The minimum absolute atomic E-state index is 0.678. The summed E-state index contributed by atoms with van der Waals surface area (Å²) in [6.07, 6.45) is 0. The predicted octanol–water partition coefficient (Wildman–Crippen LogP) is 9.65. The minimum atomic E-state index is -2.13. The van der Waals surface area contributed by atoms with E-state index in [0.29, 0.717) is 11.6 Å². The molecule has 0 spiro atoms. The first kappa shape index (κ1) is 27.6. The molecule has 8 aromatic rings. The zero-order valence-electron chi connectivity index (χ0n) is 26.3. The molecule has 222 valence electrons. The largest absolute Gasteiger partial charge is 0.208 e. The Morgan fingerprint density at radius 1 is 0.362 bits per heavy atom. The molecule has 0 N–H and O–H groups in total. The highest BCUT2D eigenvalue weighted by molar-refractivity contribution is 7.05. The third-order valence-corrected chi connectivity index (χ3v) is 13.2. The third-order valence-electron chi connectivity index (χ3n) is 9.67. The van der Waals surface area contributed by atoms with Crippen molar-refractivity contribution in [3.05, 3.63) is 152 Å². The highest BCUT2D eigenvalue weighted by atomic mass is 28.3. The van der Waals surface area contributed by atoms with E-state index < -0.39 is 8.07 Å². The summed E-state index contributed by atoms with van der Waals surface area (Å²) in [5, 5.41) is 8.03. The Kier molecular flexibility index (Phi) is 6.27. The normalized spacial score (nSPS) is 13.1. The van der Waals surface area contributed by atoms with Crippen LogP contribution >= 0.6 is 0 Å². The molecular formula is C43H31N3Si. The summed E-state index contributed by atoms with van der Waals surface area (Å²) < 4.78 is 0. The van der Waals surface area contributed by atoms with Gasteiger partial charge in [-0.15, -0.1) is 0 Å². The lowest BCUT2D eigenvalue weighted by Gasteiger charge is -2.23. The van der Waals surface area contributed by atoms with Crippen molar-refractivity contribution in [1.29, 1.82) is 0 Å². The van der Waals surface area contributed by atoms with Crippen LogP contribution in [0, 0.1) is 0 Å². The number of hydrogen-bond acceptors (Lipinski definition) is 3. The summed E-state index contributed by atoms with van der Waals surface area (Å²) in [6.45, 7) is 4.94. The second-order valence-corrected chi connectivity index (χ2v) is 17.1. The molecule has 0 aliphatic carbocycles. The fraction of sp³-hybridized carbons (Fsp3) is 0.0465. The molecule has 0 fully saturated rings. The Bertz CT molecular complexity index is 2480. The van der Waals surface area contributed by atoms with E-state index in [4.69, 9.17) is 15.0 Å². The summed E-state index contributed by atoms with van der Waals surface area (Å²) >= 11 is 0. The van der Waals surface area contributed by atoms with Crippen LogP contribution in [-0.2, 0) is 0 Å². The van der Waals surface area contributed by atoms with Gasteiger partial charge < -0.3 is 0 Å². The maximum atomic E-state index is 5.21. The molecule has 3 nitrogen and oxygen atoms in total. The molecule has 1 aliphatic rings. The summed E-state index contributed by atoms with van der Waals surface area (Å²) in [7, 11) is -2.13. The van der Waals surface area contributed by atoms with Gasteiger partial charge in [0.15, 0.2) is 17.5 Å². The molecule has 1 aliphatic heterocycles. The van der Waals surface area contributed by atoms with Crippen molar-refractivity contribution in [2.24, 2.45) is 0 Å². The molecule has 0 saturated heterocycles. The lowest BCUT2D eigenvalue weighted by Crippen LogP contribution is -2.50. The lowest BCUT2D eigenvalue weighted by molar-refractivity contribution is 1.08. The van der Waals surface area contributed by atoms with Gasteiger partial charge in [0.05, 0.1) is 0 Å². The highest BCUT2D eigenvalue weighted by Crippen LogP contribution is 2.36. The average molecular weight is 618 g/mol. The van der Waals surface area contributed by atoms with E-state index in [1.165, 1.54) is 48.6 Å². The fourth-order valence-electron chi connectivity index (χ4n) is 7.45. The molecule has 0 bridgehead atoms. The molecule has 0 unspecified atom stereocenters. The second-order valence-electron chi connectivity index (χ2n) is 12.9. The van der Waals surface area contributed by atoms with Crippen LogP contribution < -0.4 is 10.4 Å². The number of fused-ring (bicyclic) bond motifs is 6. The zero-order chi connectivity index (χ0) is 31.5. The molecule has 0 amide bonds. The fourth-order valence-corrected chi connectivity index (χ4v) is 11.3. The van der Waals surface area contributed by atoms with Crippen LogP contribution in [0.15, 0.2) is 152 Å². The molecule has 7 aromatic carbocycles. The summed E-state index contributed by atoms with van der Waals surface area (Å²) in [4.78, 5) is 15.4. The van der Waals surface area contributed by atoms with Crippen LogP contribution in [0.4, 0.5) is 0 Å². The third kappa shape index (κ3) is 4.52. The van der Waals surface area contributed by atoms with Gasteiger partial charge in [0.1, 0.15) is 8.07 Å². The van der Waals surface area contributed by atoms with E-state index in [2.05, 4.69) is 147 Å². The second kappa shape index (κ2) is 10.7. The Labute approximate surface area is 275 Å². The Balaban J connectivity index is 1.19. The van der Waals surface area contributed by atoms with E-state index >= 15 is 0 Å². The smallest absolute Gasteiger partial charge is 0.164 e. The van der Waals surface area contributed by atoms with Gasteiger partial charge >= 0.3 is 0 Å². The first-order valence-electron chi connectivity index (χ1n) is 16.1. The molecular weight excluding hydrogens is 587 g/mol. The van der Waals surface area contributed by atoms with E-state index in [1.54, 1.807) is 0 Å². The topological polar surface area (TPSA) is 38.7 Å². The van der Waals surface area contributed by atoms with Gasteiger partial charge in [0, 0.05) is 16.7 Å². The molecule has 0 atom stereocenters. The Morgan fingerprint density at radius 2 is 0.915 bits per heavy atom. The van der Waals surface area contributed by atoms with Gasteiger partial charge in [-0.1, -0.05) is 159 Å². The Morgan fingerprint density at radius 3 is 1.70 bits per heavy atom. The van der Waals surface area contributed by atoms with Crippen molar-refractivity contribution in [2.45, 2.75) is 13.1 Å². The molecule has 9 rings (SSSR count). The minimum Gasteiger partial charge on any atom is -0.208 e. The number of rotatable bonds is 4. The van der Waals surface area contributed by atoms with Gasteiger partial charge in [-0.25, -0.2) is 15.0 Å². The van der Waals surface area contributed by atoms with Crippen LogP contribution in [0.5, 0.6) is 0 Å². The number of nitrogens with zero attached hydrogens (tertiary/aromatic N) is 3. The van der Waals surface area contributed by atoms with E-state index in [1.807, 2.05) is 18.2 Å². The van der Waals surface area contributed by atoms with E-state index in [9.17, 15) is 0 Å². The molecule has 2 heterocycles. The van der Waals surface area contributed by atoms with Gasteiger partial charge in [0.2, 0.25) is 0 Å². The van der Waals surface area contributed by atoms with Gasteiger partial charge in [-0.2, -0.15) is 0 Å². The van der Waals surface area contributed by atoms with Crippen LogP contribution in [0.3, 0.4) is 0 Å². The molecule has 47 heavy (non-hydrogen) atoms. The van der Waals surface area contributed by atoms with Crippen LogP contribution in [0.1, 0.15) is 0 Å². The van der Waals surface area contributed by atoms with E-state index in [-0.39, 0.29) is 0 Å². The number of aromatic nitrogens is 3. The molecule has 4 heteroatoms. The monoisotopic (exact) mass is 617 g/mol. The van der Waals surface area contributed by atoms with Gasteiger partial charge in [-0.3, -0.25) is 0 Å². The van der Waals surface area contributed by atoms with Crippen molar-refractivity contribution in [3.63, 3.8) is 0 Å². The van der Waals surface area contributed by atoms with Crippen molar-refractivity contribution in [3.8, 4) is 56.4 Å². The molecule has 1 aromatic heterocycles. The van der Waals surface area contributed by atoms with Gasteiger partial charge in [-0.05, 0) is 60.2 Å². The van der Waals surface area contributed by atoms with E-state index in [0.717, 1.165) is 28.1 Å². The summed E-state index contributed by atoms with van der Waals surface area (Å²) in [5.74, 6) is 2.08. The highest BCUT2D eigenvalue weighted by Gasteiger charge is 2.41. The zero-order valence-corrected chi connectivity index (χ0v) is 27.3. The Hall–Kier alpha value is -5.71. The maximum Gasteiger partial charge on any atom is 0.164 e. The summed E-state index contributed by atoms with van der Waals surface area (Å²) in [5.41, 5.74) is 8.05. The van der Waals surface area contributed by atoms with Crippen LogP contribution in [0.2, 0.25) is 13.1 Å². The van der Waals surface area contributed by atoms with Crippen molar-refractivity contribution >= 4 is 40.0 Å². The molecule has 0 saturated carbocycles. The number of hydrogen-bond donors (Lipinski definition) is 0. The SMILES string of the molecule is C[Si]1(C)c2c(-c3nc(-c4ccccc4)nc(-c4ccc(-c5ccc6ccccc6c5)cc4)n3)cccc2-c2ccc3ccccc3c21. The standard InChI is InChI=1S/C43H31N3Si/c1-47(2)39-35-16-9-8-12-30(35)25-26-37(39)36-17-10-18-38(40(36)47)43-45-41(31-13-4-3-5-14-31)44-42(46-43)32-22-19-29(20-23-32)34-24-21-28-11-6-7-15-33(28)27-34/h3-27H,1-2H3.